The Morgan fingerprint density at radius 1 is 1.25 bits per heavy atom. The first kappa shape index (κ1) is 15.2. The van der Waals surface area contributed by atoms with Gasteiger partial charge in [-0.05, 0) is 32.9 Å². The summed E-state index contributed by atoms with van der Waals surface area (Å²) in [6.07, 6.45) is 5.48. The Kier molecular flexibility index (Phi) is 9.00. The highest BCUT2D eigenvalue weighted by molar-refractivity contribution is 5.80. The zero-order chi connectivity index (χ0) is 12.4. The molecular weight excluding hydrogens is 202 g/mol. The molecule has 0 aromatic rings. The molecule has 0 fully saturated rings. The van der Waals surface area contributed by atoms with E-state index in [4.69, 9.17) is 10.9 Å². The lowest BCUT2D eigenvalue weighted by atomic mass is 10.1. The van der Waals surface area contributed by atoms with E-state index >= 15 is 0 Å². The minimum Gasteiger partial charge on any atom is -0.409 e. The molecule has 0 amide bonds. The maximum atomic E-state index is 8.56. The van der Waals surface area contributed by atoms with Gasteiger partial charge in [0.25, 0.3) is 0 Å². The fourth-order valence-corrected chi connectivity index (χ4v) is 1.75. The molecule has 0 saturated heterocycles. The van der Waals surface area contributed by atoms with Crippen molar-refractivity contribution in [1.82, 2.24) is 4.90 Å². The fourth-order valence-electron chi connectivity index (χ4n) is 1.75. The summed E-state index contributed by atoms with van der Waals surface area (Å²) >= 11 is 0. The third-order valence-corrected chi connectivity index (χ3v) is 2.85. The van der Waals surface area contributed by atoms with Gasteiger partial charge in [-0.2, -0.15) is 0 Å². The third-order valence-electron chi connectivity index (χ3n) is 2.85. The van der Waals surface area contributed by atoms with Crippen LogP contribution in [0.5, 0.6) is 0 Å². The topological polar surface area (TPSA) is 61.8 Å². The van der Waals surface area contributed by atoms with Crippen LogP contribution in [0.15, 0.2) is 5.16 Å². The molecule has 96 valence electrons. The Bertz CT molecular complexity index is 187. The van der Waals surface area contributed by atoms with E-state index in [2.05, 4.69) is 30.8 Å². The summed E-state index contributed by atoms with van der Waals surface area (Å²) in [6.45, 7) is 8.76. The number of oxime groups is 1. The van der Waals surface area contributed by atoms with Crippen molar-refractivity contribution in [3.63, 3.8) is 0 Å². The minimum atomic E-state index is 0.325. The van der Waals surface area contributed by atoms with Crippen molar-refractivity contribution in [1.29, 1.82) is 0 Å². The highest BCUT2D eigenvalue weighted by Gasteiger charge is 2.14. The number of nitrogens with two attached hydrogens (primary N) is 1. The first-order valence-corrected chi connectivity index (χ1v) is 6.36. The monoisotopic (exact) mass is 229 g/mol. The zero-order valence-electron chi connectivity index (χ0n) is 10.9. The van der Waals surface area contributed by atoms with Gasteiger partial charge in [0.1, 0.15) is 5.84 Å². The van der Waals surface area contributed by atoms with Crippen LogP contribution in [0.3, 0.4) is 0 Å². The Balaban J connectivity index is 4.13. The van der Waals surface area contributed by atoms with E-state index in [1.54, 1.807) is 0 Å². The minimum absolute atomic E-state index is 0.325. The second-order valence-electron chi connectivity index (χ2n) is 4.39. The molecule has 0 aromatic heterocycles. The number of hydrogen-bond acceptors (Lipinski definition) is 3. The molecule has 0 aromatic carbocycles. The van der Waals surface area contributed by atoms with Gasteiger partial charge in [0.2, 0.25) is 0 Å². The zero-order valence-corrected chi connectivity index (χ0v) is 10.9. The molecule has 0 aliphatic rings. The first-order chi connectivity index (χ1) is 7.65. The van der Waals surface area contributed by atoms with Gasteiger partial charge in [0.05, 0.1) is 0 Å². The van der Waals surface area contributed by atoms with Crippen LogP contribution in [0.1, 0.15) is 52.9 Å². The normalized spacial score (nSPS) is 14.4. The Morgan fingerprint density at radius 2 is 1.75 bits per heavy atom. The van der Waals surface area contributed by atoms with Gasteiger partial charge in [-0.15, -0.1) is 0 Å². The number of rotatable bonds is 9. The molecule has 4 heteroatoms. The Morgan fingerprint density at radius 3 is 2.12 bits per heavy atom. The molecule has 0 bridgehead atoms. The van der Waals surface area contributed by atoms with Crippen molar-refractivity contribution < 1.29 is 5.21 Å². The van der Waals surface area contributed by atoms with Crippen molar-refractivity contribution >= 4 is 5.84 Å². The van der Waals surface area contributed by atoms with Crippen LogP contribution in [-0.2, 0) is 0 Å². The maximum Gasteiger partial charge on any atom is 0.140 e. The molecule has 1 atom stereocenters. The summed E-state index contributed by atoms with van der Waals surface area (Å²) in [4.78, 5) is 2.44. The van der Waals surface area contributed by atoms with Crippen LogP contribution < -0.4 is 5.73 Å². The van der Waals surface area contributed by atoms with Gasteiger partial charge in [0, 0.05) is 12.5 Å². The summed E-state index contributed by atoms with van der Waals surface area (Å²) in [5.74, 6) is 0.325. The summed E-state index contributed by atoms with van der Waals surface area (Å²) in [7, 11) is 0. The Labute approximate surface area is 99.5 Å². The van der Waals surface area contributed by atoms with Crippen LogP contribution in [0.2, 0.25) is 0 Å². The summed E-state index contributed by atoms with van der Waals surface area (Å²) < 4.78 is 0. The number of nitrogens with zero attached hydrogens (tertiary/aromatic N) is 2. The van der Waals surface area contributed by atoms with E-state index in [9.17, 15) is 0 Å². The quantitative estimate of drug-likeness (QED) is 0.276. The van der Waals surface area contributed by atoms with E-state index in [0.29, 0.717) is 18.3 Å². The predicted molar refractivity (Wildman–Crippen MR) is 68.9 cm³/mol. The van der Waals surface area contributed by atoms with Gasteiger partial charge in [0.15, 0.2) is 0 Å². The van der Waals surface area contributed by atoms with Crippen molar-refractivity contribution in [3.8, 4) is 0 Å². The van der Waals surface area contributed by atoms with Crippen molar-refractivity contribution in [2.24, 2.45) is 10.9 Å². The van der Waals surface area contributed by atoms with Gasteiger partial charge in [-0.25, -0.2) is 0 Å². The van der Waals surface area contributed by atoms with Crippen LogP contribution in [0, 0.1) is 0 Å². The van der Waals surface area contributed by atoms with E-state index in [1.807, 2.05) is 0 Å². The second kappa shape index (κ2) is 9.46. The molecule has 4 nitrogen and oxygen atoms in total. The number of unbranched alkanes of at least 4 members (excludes halogenated alkanes) is 2. The van der Waals surface area contributed by atoms with E-state index < -0.39 is 0 Å². The smallest absolute Gasteiger partial charge is 0.140 e. The molecule has 0 aliphatic carbocycles. The molecular formula is C12H27N3O. The first-order valence-electron chi connectivity index (χ1n) is 6.36. The van der Waals surface area contributed by atoms with Crippen LogP contribution in [0.4, 0.5) is 0 Å². The molecule has 0 aliphatic heterocycles. The average molecular weight is 229 g/mol. The van der Waals surface area contributed by atoms with Crippen molar-refractivity contribution in [2.45, 2.75) is 58.9 Å². The van der Waals surface area contributed by atoms with Gasteiger partial charge < -0.3 is 15.8 Å². The third kappa shape index (κ3) is 6.67. The van der Waals surface area contributed by atoms with Gasteiger partial charge in [-0.1, -0.05) is 31.8 Å². The average Bonchev–Trinajstić information content (AvgIpc) is 2.28. The summed E-state index contributed by atoms with van der Waals surface area (Å²) in [5.41, 5.74) is 5.54. The molecule has 3 N–H and O–H groups in total. The highest BCUT2D eigenvalue weighted by Crippen LogP contribution is 2.08. The lowest BCUT2D eigenvalue weighted by Crippen LogP contribution is -2.37. The standard InChI is InChI=1S/C12H27N3O/c1-4-6-8-15(9-7-5-2)11(3)10-12(13)14-16/h11,16H,4-10H2,1-3H3,(H2,13,14). The largest absolute Gasteiger partial charge is 0.409 e. The number of hydrogen-bond donors (Lipinski definition) is 2. The van der Waals surface area contributed by atoms with Crippen LogP contribution >= 0.6 is 0 Å². The van der Waals surface area contributed by atoms with Crippen molar-refractivity contribution in [3.05, 3.63) is 0 Å². The maximum absolute atomic E-state index is 8.56. The molecule has 0 radical (unpaired) electrons. The lowest BCUT2D eigenvalue weighted by Gasteiger charge is -2.28. The Hall–Kier alpha value is -0.770. The molecule has 1 unspecified atom stereocenters. The van der Waals surface area contributed by atoms with Gasteiger partial charge >= 0.3 is 0 Å². The fraction of sp³-hybridized carbons (Fsp3) is 0.917. The molecule has 0 spiro atoms. The molecule has 0 saturated carbocycles. The van der Waals surface area contributed by atoms with E-state index in [0.717, 1.165) is 13.1 Å². The van der Waals surface area contributed by atoms with E-state index in [1.165, 1.54) is 25.7 Å². The van der Waals surface area contributed by atoms with Gasteiger partial charge in [-0.3, -0.25) is 0 Å². The van der Waals surface area contributed by atoms with Crippen LogP contribution in [-0.4, -0.2) is 35.1 Å². The van der Waals surface area contributed by atoms with Crippen LogP contribution in [0.25, 0.3) is 0 Å². The van der Waals surface area contributed by atoms with Crippen molar-refractivity contribution in [2.75, 3.05) is 13.1 Å². The lowest BCUT2D eigenvalue weighted by molar-refractivity contribution is 0.205. The molecule has 0 rings (SSSR count). The van der Waals surface area contributed by atoms with E-state index in [-0.39, 0.29) is 0 Å². The summed E-state index contributed by atoms with van der Waals surface area (Å²) in [5, 5.41) is 11.6. The SMILES string of the molecule is CCCCN(CCCC)C(C)CC(N)=NO. The highest BCUT2D eigenvalue weighted by atomic mass is 16.4. The molecule has 16 heavy (non-hydrogen) atoms. The summed E-state index contributed by atoms with van der Waals surface area (Å²) in [6, 6.07) is 0.356. The predicted octanol–water partition coefficient (Wildman–Crippen LogP) is 2.41. The molecule has 0 heterocycles. The number of amidine groups is 1. The second-order valence-corrected chi connectivity index (χ2v) is 4.39.